The number of carboxylic acid groups (broad SMARTS) is 1. The number of carbonyl (C=O) groups excluding carboxylic acids is 1. The average Bonchev–Trinajstić information content (AvgIpc) is 2.64. The van der Waals surface area contributed by atoms with Crippen LogP contribution in [-0.2, 0) is 4.79 Å². The molecule has 7 heteroatoms. The third-order valence-electron chi connectivity index (χ3n) is 2.05. The third kappa shape index (κ3) is 2.81. The summed E-state index contributed by atoms with van der Waals surface area (Å²) >= 11 is 0. The van der Waals surface area contributed by atoms with Gasteiger partial charge in [-0.15, -0.1) is 0 Å². The highest BCUT2D eigenvalue weighted by molar-refractivity contribution is 5.85. The van der Waals surface area contributed by atoms with Crippen LogP contribution < -0.4 is 5.73 Å². The number of aromatic amines is 1. The van der Waals surface area contributed by atoms with Crippen LogP contribution in [0.4, 0.5) is 0 Å². The molecule has 2 atom stereocenters. The highest BCUT2D eigenvalue weighted by atomic mass is 16.4. The normalized spacial score (nSPS) is 14.4. The highest BCUT2D eigenvalue weighted by Gasteiger charge is 2.22. The number of rotatable bonds is 5. The van der Waals surface area contributed by atoms with Crippen LogP contribution in [-0.4, -0.2) is 38.3 Å². The van der Waals surface area contributed by atoms with Crippen LogP contribution >= 0.6 is 0 Å². The zero-order valence-corrected chi connectivity index (χ0v) is 8.25. The summed E-state index contributed by atoms with van der Waals surface area (Å²) in [5, 5.41) is 27.6. The van der Waals surface area contributed by atoms with Gasteiger partial charge in [0.15, 0.2) is 0 Å². The van der Waals surface area contributed by atoms with Crippen molar-refractivity contribution in [1.82, 2.24) is 4.98 Å². The topological polar surface area (TPSA) is 137 Å². The van der Waals surface area contributed by atoms with Crippen molar-refractivity contribution in [3.05, 3.63) is 23.5 Å². The minimum atomic E-state index is -1.35. The van der Waals surface area contributed by atoms with Crippen molar-refractivity contribution < 1.29 is 24.9 Å². The van der Waals surface area contributed by atoms with Gasteiger partial charge in [0, 0.05) is 11.8 Å². The molecule has 0 aliphatic rings. The number of aliphatic hydroxyl groups is 2. The van der Waals surface area contributed by atoms with Crippen LogP contribution in [0, 0.1) is 0 Å². The highest BCUT2D eigenvalue weighted by Crippen LogP contribution is 2.19. The number of aliphatic hydroxyl groups excluding tert-OH is 2. The molecule has 0 aliphatic carbocycles. The Kier molecular flexibility index (Phi) is 3.64. The van der Waals surface area contributed by atoms with E-state index >= 15 is 0 Å². The van der Waals surface area contributed by atoms with Gasteiger partial charge in [0.25, 0.3) is 0 Å². The van der Waals surface area contributed by atoms with Gasteiger partial charge in [0.2, 0.25) is 5.91 Å². The lowest BCUT2D eigenvalue weighted by Gasteiger charge is -2.14. The van der Waals surface area contributed by atoms with E-state index in [4.69, 9.17) is 10.8 Å². The van der Waals surface area contributed by atoms with Gasteiger partial charge in [-0.2, -0.15) is 0 Å². The Morgan fingerprint density at radius 2 is 2.06 bits per heavy atom. The van der Waals surface area contributed by atoms with E-state index in [0.717, 1.165) is 0 Å². The van der Waals surface area contributed by atoms with Crippen LogP contribution in [0.2, 0.25) is 0 Å². The molecule has 2 unspecified atom stereocenters. The van der Waals surface area contributed by atoms with E-state index in [9.17, 15) is 19.8 Å². The average molecular weight is 228 g/mol. The van der Waals surface area contributed by atoms with E-state index in [2.05, 4.69) is 4.98 Å². The Morgan fingerprint density at radius 1 is 1.44 bits per heavy atom. The van der Waals surface area contributed by atoms with Crippen LogP contribution in [0.25, 0.3) is 0 Å². The molecule has 0 aliphatic heterocycles. The molecule has 1 heterocycles. The number of primary amides is 1. The van der Waals surface area contributed by atoms with Crippen molar-refractivity contribution in [2.75, 3.05) is 0 Å². The molecule has 88 valence electrons. The maximum atomic E-state index is 10.5. The van der Waals surface area contributed by atoms with Crippen molar-refractivity contribution in [1.29, 1.82) is 0 Å². The molecule has 1 rings (SSSR count). The lowest BCUT2D eigenvalue weighted by atomic mass is 10.0. The van der Waals surface area contributed by atoms with Crippen LogP contribution in [0.15, 0.2) is 12.3 Å². The second-order valence-electron chi connectivity index (χ2n) is 3.33. The Labute approximate surface area is 90.5 Å². The molecule has 1 aromatic rings. The number of hydrogen-bond donors (Lipinski definition) is 5. The first-order valence-corrected chi connectivity index (χ1v) is 4.48. The lowest BCUT2D eigenvalue weighted by Crippen LogP contribution is -2.25. The lowest BCUT2D eigenvalue weighted by molar-refractivity contribution is -0.121. The largest absolute Gasteiger partial charge is 0.477 e. The first-order chi connectivity index (χ1) is 7.41. The summed E-state index contributed by atoms with van der Waals surface area (Å²) in [5.74, 6) is -1.93. The Hall–Kier alpha value is -1.86. The van der Waals surface area contributed by atoms with Gasteiger partial charge < -0.3 is 26.0 Å². The van der Waals surface area contributed by atoms with Gasteiger partial charge in [-0.1, -0.05) is 0 Å². The van der Waals surface area contributed by atoms with E-state index in [1.807, 2.05) is 0 Å². The molecule has 1 aromatic heterocycles. The summed E-state index contributed by atoms with van der Waals surface area (Å²) in [6.07, 6.45) is -1.85. The predicted molar refractivity (Wildman–Crippen MR) is 52.5 cm³/mol. The van der Waals surface area contributed by atoms with Crippen molar-refractivity contribution >= 4 is 11.9 Å². The van der Waals surface area contributed by atoms with Gasteiger partial charge >= 0.3 is 5.97 Å². The molecular weight excluding hydrogens is 216 g/mol. The first kappa shape index (κ1) is 12.2. The number of carboxylic acids is 1. The summed E-state index contributed by atoms with van der Waals surface area (Å²) < 4.78 is 0. The van der Waals surface area contributed by atoms with Gasteiger partial charge in [-0.05, 0) is 6.07 Å². The van der Waals surface area contributed by atoms with E-state index < -0.39 is 30.5 Å². The number of aromatic carboxylic acids is 1. The number of aromatic nitrogens is 1. The molecule has 0 saturated carbocycles. The molecule has 0 bridgehead atoms. The summed E-state index contributed by atoms with van der Waals surface area (Å²) in [4.78, 5) is 23.5. The van der Waals surface area contributed by atoms with Gasteiger partial charge in [-0.3, -0.25) is 4.79 Å². The number of carbonyl (C=O) groups is 2. The smallest absolute Gasteiger partial charge is 0.352 e. The first-order valence-electron chi connectivity index (χ1n) is 4.48. The second kappa shape index (κ2) is 4.77. The molecule has 1 amide bonds. The molecule has 0 saturated heterocycles. The fraction of sp³-hybridized carbons (Fsp3) is 0.333. The van der Waals surface area contributed by atoms with Crippen molar-refractivity contribution in [2.45, 2.75) is 18.6 Å². The summed E-state index contributed by atoms with van der Waals surface area (Å²) in [5.41, 5.74) is 4.93. The van der Waals surface area contributed by atoms with Crippen molar-refractivity contribution in [2.24, 2.45) is 5.73 Å². The van der Waals surface area contributed by atoms with Crippen molar-refractivity contribution in [3.63, 3.8) is 0 Å². The van der Waals surface area contributed by atoms with Gasteiger partial charge in [0.1, 0.15) is 11.8 Å². The van der Waals surface area contributed by atoms with E-state index in [1.165, 1.54) is 12.3 Å². The maximum Gasteiger partial charge on any atom is 0.352 e. The fourth-order valence-electron chi connectivity index (χ4n) is 1.25. The Bertz CT molecular complexity index is 400. The molecule has 0 spiro atoms. The number of H-pyrrole nitrogens is 1. The van der Waals surface area contributed by atoms with E-state index in [-0.39, 0.29) is 11.3 Å². The minimum Gasteiger partial charge on any atom is -0.477 e. The minimum absolute atomic E-state index is 0.111. The van der Waals surface area contributed by atoms with Crippen LogP contribution in [0.5, 0.6) is 0 Å². The Morgan fingerprint density at radius 3 is 2.50 bits per heavy atom. The zero-order chi connectivity index (χ0) is 12.3. The number of nitrogens with one attached hydrogen (secondary N) is 1. The van der Waals surface area contributed by atoms with E-state index in [1.54, 1.807) is 0 Å². The third-order valence-corrected chi connectivity index (χ3v) is 2.05. The van der Waals surface area contributed by atoms with E-state index in [0.29, 0.717) is 0 Å². The molecule has 0 radical (unpaired) electrons. The summed E-state index contributed by atoms with van der Waals surface area (Å²) in [6.45, 7) is 0. The second-order valence-corrected chi connectivity index (χ2v) is 3.33. The predicted octanol–water partition coefficient (Wildman–Crippen LogP) is -1.02. The van der Waals surface area contributed by atoms with Gasteiger partial charge in [-0.25, -0.2) is 4.79 Å². The molecular formula is C9H12N2O5. The number of hydrogen-bond acceptors (Lipinski definition) is 4. The van der Waals surface area contributed by atoms with Crippen LogP contribution in [0.1, 0.15) is 28.6 Å². The van der Waals surface area contributed by atoms with Crippen LogP contribution in [0.3, 0.4) is 0 Å². The fourth-order valence-corrected chi connectivity index (χ4v) is 1.25. The molecule has 0 aromatic carbocycles. The van der Waals surface area contributed by atoms with Gasteiger partial charge in [0.05, 0.1) is 12.5 Å². The monoisotopic (exact) mass is 228 g/mol. The molecule has 0 fully saturated rings. The Balaban J connectivity index is 2.75. The zero-order valence-electron chi connectivity index (χ0n) is 8.25. The van der Waals surface area contributed by atoms with Crippen molar-refractivity contribution in [3.8, 4) is 0 Å². The summed E-state index contributed by atoms with van der Waals surface area (Å²) in [6, 6.07) is 1.18. The number of nitrogens with two attached hydrogens (primary N) is 1. The standard InChI is InChI=1S/C9H12N2O5/c10-7(13)2-6(12)8(14)4-1-5(9(15)16)11-3-4/h1,3,6,8,11-12,14H,2H2,(H2,10,13)(H,15,16). The number of amides is 1. The molecule has 7 nitrogen and oxygen atoms in total. The molecule has 6 N–H and O–H groups in total. The summed E-state index contributed by atoms with van der Waals surface area (Å²) in [7, 11) is 0. The SMILES string of the molecule is NC(=O)CC(O)C(O)c1c[nH]c(C(=O)O)c1. The molecule has 16 heavy (non-hydrogen) atoms. The quantitative estimate of drug-likeness (QED) is 0.439. The maximum absolute atomic E-state index is 10.5.